The number of carbonyl (C=O) groups excluding carboxylic acids is 1. The second-order valence-electron chi connectivity index (χ2n) is 10.6. The van der Waals surface area contributed by atoms with Gasteiger partial charge < -0.3 is 15.1 Å². The molecule has 3 aliphatic carbocycles. The molecule has 0 aromatic carbocycles. The fraction of sp³-hybridized carbons (Fsp3) is 0.957. The molecule has 4 fully saturated rings. The number of hydrogen-bond acceptors (Lipinski definition) is 4. The van der Waals surface area contributed by atoms with Gasteiger partial charge in [0.25, 0.3) is 0 Å². The minimum absolute atomic E-state index is 0.0886. The summed E-state index contributed by atoms with van der Waals surface area (Å²) in [6, 6.07) is 0. The molecule has 1 aliphatic heterocycles. The van der Waals surface area contributed by atoms with Crippen LogP contribution in [0.5, 0.6) is 0 Å². The summed E-state index contributed by atoms with van der Waals surface area (Å²) in [6.45, 7) is 8.07. The summed E-state index contributed by atoms with van der Waals surface area (Å²) in [4.78, 5) is 15.0. The van der Waals surface area contributed by atoms with Crippen molar-refractivity contribution in [2.75, 3.05) is 19.6 Å². The summed E-state index contributed by atoms with van der Waals surface area (Å²) in [5, 5.41) is 21.8. The first kappa shape index (κ1) is 19.8. The van der Waals surface area contributed by atoms with Crippen LogP contribution in [0, 0.1) is 28.6 Å². The Labute approximate surface area is 164 Å². The van der Waals surface area contributed by atoms with E-state index < -0.39 is 0 Å². The van der Waals surface area contributed by atoms with Crippen molar-refractivity contribution in [3.63, 3.8) is 0 Å². The Balaban J connectivity index is 1.51. The summed E-state index contributed by atoms with van der Waals surface area (Å²) >= 11 is 0. The lowest BCUT2D eigenvalue weighted by molar-refractivity contribution is -0.145. The predicted molar refractivity (Wildman–Crippen MR) is 106 cm³/mol. The van der Waals surface area contributed by atoms with E-state index in [0.717, 1.165) is 51.5 Å². The van der Waals surface area contributed by atoms with Gasteiger partial charge in [-0.05, 0) is 101 Å². The van der Waals surface area contributed by atoms with Crippen LogP contribution >= 0.6 is 0 Å². The molecule has 4 heteroatoms. The normalized spacial score (nSPS) is 48.7. The van der Waals surface area contributed by atoms with Crippen LogP contribution in [0.2, 0.25) is 0 Å². The Kier molecular flexibility index (Phi) is 5.46. The second-order valence-corrected chi connectivity index (χ2v) is 10.6. The first-order chi connectivity index (χ1) is 12.8. The quantitative estimate of drug-likeness (QED) is 0.788. The molecule has 1 heterocycles. The fourth-order valence-corrected chi connectivity index (χ4v) is 7.27. The average Bonchev–Trinajstić information content (AvgIpc) is 3.25. The Morgan fingerprint density at radius 3 is 2.52 bits per heavy atom. The fourth-order valence-electron chi connectivity index (χ4n) is 7.27. The van der Waals surface area contributed by atoms with Gasteiger partial charge in [0.2, 0.25) is 0 Å². The van der Waals surface area contributed by atoms with Gasteiger partial charge in [0.15, 0.2) is 0 Å². The summed E-state index contributed by atoms with van der Waals surface area (Å²) in [6.07, 6.45) is 9.42. The van der Waals surface area contributed by atoms with Crippen LogP contribution in [0.25, 0.3) is 0 Å². The lowest BCUT2D eigenvalue weighted by Crippen LogP contribution is -2.53. The molecule has 0 bridgehead atoms. The van der Waals surface area contributed by atoms with Gasteiger partial charge >= 0.3 is 0 Å². The Morgan fingerprint density at radius 2 is 1.78 bits per heavy atom. The number of hydrogen-bond donors (Lipinski definition) is 2. The molecular formula is C23H39NO3. The second kappa shape index (κ2) is 7.42. The van der Waals surface area contributed by atoms with Crippen LogP contribution in [-0.4, -0.2) is 52.7 Å². The van der Waals surface area contributed by atoms with E-state index in [9.17, 15) is 15.0 Å². The number of aliphatic hydroxyl groups is 2. The number of carbonyl (C=O) groups is 1. The highest BCUT2D eigenvalue weighted by Gasteiger charge is 2.58. The maximum Gasteiger partial charge on any atom is 0.139 e. The van der Waals surface area contributed by atoms with Crippen LogP contribution in [-0.2, 0) is 4.79 Å². The third-order valence-electron chi connectivity index (χ3n) is 9.28. The summed E-state index contributed by atoms with van der Waals surface area (Å²) in [5.41, 5.74) is -0.198. The van der Waals surface area contributed by atoms with Crippen molar-refractivity contribution in [2.24, 2.45) is 28.6 Å². The highest BCUT2D eigenvalue weighted by molar-refractivity contribution is 5.87. The number of aliphatic hydroxyl groups excluding tert-OH is 2. The van der Waals surface area contributed by atoms with Crippen LogP contribution in [0.3, 0.4) is 0 Å². The molecule has 4 nitrogen and oxygen atoms in total. The molecule has 4 rings (SSSR count). The zero-order chi connectivity index (χ0) is 19.2. The van der Waals surface area contributed by atoms with E-state index in [4.69, 9.17) is 0 Å². The third kappa shape index (κ3) is 3.40. The third-order valence-corrected chi connectivity index (χ3v) is 9.28. The van der Waals surface area contributed by atoms with E-state index in [1.54, 1.807) is 0 Å². The summed E-state index contributed by atoms with van der Waals surface area (Å²) < 4.78 is 0. The maximum absolute atomic E-state index is 12.4. The lowest BCUT2D eigenvalue weighted by atomic mass is 9.51. The number of rotatable bonds is 4. The number of Topliss-reactive ketones (excluding diaryl/α,β-unsaturated/α-hetero) is 1. The summed E-state index contributed by atoms with van der Waals surface area (Å²) in [7, 11) is 0. The molecule has 0 aromatic rings. The first-order valence-corrected chi connectivity index (χ1v) is 11.5. The molecule has 0 aromatic heterocycles. The standard InChI is InChI=1S/C23H39NO3/c1-22(19-8-11-23(2)18(21(19)27)5-6-20(23)26)10-7-17(25)15-16(22)9-14-24-12-3-4-13-24/h16-19,21,25,27H,3-15H2,1-2H3/t16-,17-,18-,19-,21-,22-,23-/m0/s1. The van der Waals surface area contributed by atoms with Gasteiger partial charge in [-0.15, -0.1) is 0 Å². The van der Waals surface area contributed by atoms with Gasteiger partial charge in [0, 0.05) is 11.8 Å². The van der Waals surface area contributed by atoms with Crippen molar-refractivity contribution in [2.45, 2.75) is 90.3 Å². The van der Waals surface area contributed by atoms with Gasteiger partial charge in [-0.1, -0.05) is 13.8 Å². The molecule has 0 amide bonds. The molecule has 4 aliphatic rings. The van der Waals surface area contributed by atoms with Gasteiger partial charge in [-0.3, -0.25) is 4.79 Å². The van der Waals surface area contributed by atoms with Gasteiger partial charge in [0.05, 0.1) is 12.2 Å². The van der Waals surface area contributed by atoms with Crippen molar-refractivity contribution < 1.29 is 15.0 Å². The smallest absolute Gasteiger partial charge is 0.139 e. The molecule has 154 valence electrons. The molecule has 0 unspecified atom stereocenters. The van der Waals surface area contributed by atoms with E-state index in [1.807, 2.05) is 0 Å². The molecule has 0 spiro atoms. The van der Waals surface area contributed by atoms with Gasteiger partial charge in [-0.2, -0.15) is 0 Å². The van der Waals surface area contributed by atoms with E-state index in [1.165, 1.54) is 25.9 Å². The number of ketones is 1. The van der Waals surface area contributed by atoms with E-state index in [2.05, 4.69) is 18.7 Å². The molecule has 1 saturated heterocycles. The largest absolute Gasteiger partial charge is 0.393 e. The molecule has 7 atom stereocenters. The predicted octanol–water partition coefficient (Wildman–Crippen LogP) is 3.40. The molecule has 0 radical (unpaired) electrons. The highest BCUT2D eigenvalue weighted by Crippen LogP contribution is 2.59. The van der Waals surface area contributed by atoms with Crippen LogP contribution in [0.4, 0.5) is 0 Å². The van der Waals surface area contributed by atoms with Crippen molar-refractivity contribution in [3.8, 4) is 0 Å². The SMILES string of the molecule is C[C@]1([C@H]2CC[C@]3(C)C(=O)CC[C@H]3[C@@H]2O)CC[C@H](O)C[C@@H]1CCN1CCCC1. The van der Waals surface area contributed by atoms with Crippen LogP contribution in [0.15, 0.2) is 0 Å². The van der Waals surface area contributed by atoms with Crippen LogP contribution in [0.1, 0.15) is 78.1 Å². The lowest BCUT2D eigenvalue weighted by Gasteiger charge is -2.55. The number of fused-ring (bicyclic) bond motifs is 1. The van der Waals surface area contributed by atoms with Gasteiger partial charge in [0.1, 0.15) is 5.78 Å². The Bertz CT molecular complexity index is 560. The topological polar surface area (TPSA) is 60.8 Å². The summed E-state index contributed by atoms with van der Waals surface area (Å²) in [5.74, 6) is 1.27. The van der Waals surface area contributed by atoms with Crippen LogP contribution < -0.4 is 0 Å². The van der Waals surface area contributed by atoms with E-state index in [0.29, 0.717) is 18.1 Å². The van der Waals surface area contributed by atoms with Crippen molar-refractivity contribution in [3.05, 3.63) is 0 Å². The monoisotopic (exact) mass is 377 g/mol. The first-order valence-electron chi connectivity index (χ1n) is 11.5. The molecule has 27 heavy (non-hydrogen) atoms. The van der Waals surface area contributed by atoms with Crippen molar-refractivity contribution in [1.29, 1.82) is 0 Å². The minimum atomic E-state index is -0.357. The van der Waals surface area contributed by atoms with Crippen molar-refractivity contribution >= 4 is 5.78 Å². The van der Waals surface area contributed by atoms with E-state index in [-0.39, 0.29) is 34.9 Å². The Hall–Kier alpha value is -0.450. The minimum Gasteiger partial charge on any atom is -0.393 e. The average molecular weight is 378 g/mol. The Morgan fingerprint density at radius 1 is 1.04 bits per heavy atom. The number of nitrogens with zero attached hydrogens (tertiary/aromatic N) is 1. The highest BCUT2D eigenvalue weighted by atomic mass is 16.3. The zero-order valence-corrected chi connectivity index (χ0v) is 17.3. The zero-order valence-electron chi connectivity index (χ0n) is 17.3. The number of likely N-dealkylation sites (tertiary alicyclic amines) is 1. The maximum atomic E-state index is 12.4. The molecule has 2 N–H and O–H groups in total. The van der Waals surface area contributed by atoms with Crippen molar-refractivity contribution in [1.82, 2.24) is 4.90 Å². The molecule has 3 saturated carbocycles. The van der Waals surface area contributed by atoms with Gasteiger partial charge in [-0.25, -0.2) is 0 Å². The molecular weight excluding hydrogens is 338 g/mol. The van der Waals surface area contributed by atoms with E-state index >= 15 is 0 Å².